The molecular formula is C18H23N3O2S. The third kappa shape index (κ3) is 3.43. The van der Waals surface area contributed by atoms with E-state index < -0.39 is 0 Å². The number of aryl methyl sites for hydroxylation is 1. The number of aromatic nitrogens is 2. The summed E-state index contributed by atoms with van der Waals surface area (Å²) >= 11 is 1.75. The number of hydrogen-bond acceptors (Lipinski definition) is 5. The summed E-state index contributed by atoms with van der Waals surface area (Å²) < 4.78 is 5.22. The molecule has 0 spiro atoms. The van der Waals surface area contributed by atoms with E-state index in [4.69, 9.17) is 9.72 Å². The van der Waals surface area contributed by atoms with Gasteiger partial charge in [-0.2, -0.15) is 0 Å². The normalized spacial score (nSPS) is 16.5. The van der Waals surface area contributed by atoms with Gasteiger partial charge in [0.1, 0.15) is 10.6 Å². The molecule has 0 fully saturated rings. The molecule has 2 aromatic rings. The highest BCUT2D eigenvalue weighted by molar-refractivity contribution is 7.11. The molecule has 5 nitrogen and oxygen atoms in total. The Balaban J connectivity index is 1.78. The monoisotopic (exact) mass is 345 g/mol. The van der Waals surface area contributed by atoms with Crippen LogP contribution in [-0.4, -0.2) is 34.4 Å². The van der Waals surface area contributed by atoms with Crippen molar-refractivity contribution in [1.82, 2.24) is 14.9 Å². The van der Waals surface area contributed by atoms with Crippen molar-refractivity contribution in [3.8, 4) is 5.88 Å². The molecule has 1 amide bonds. The third-order valence-corrected chi connectivity index (χ3v) is 5.53. The smallest absolute Gasteiger partial charge is 0.259 e. The Bertz CT molecular complexity index is 729. The van der Waals surface area contributed by atoms with Crippen molar-refractivity contribution in [2.24, 2.45) is 5.92 Å². The van der Waals surface area contributed by atoms with Crippen LogP contribution in [0.3, 0.4) is 0 Å². The first-order chi connectivity index (χ1) is 11.6. The number of carbonyl (C=O) groups excluding carboxylic acids is 1. The Kier molecular flexibility index (Phi) is 5.14. The maximum Gasteiger partial charge on any atom is 0.259 e. The van der Waals surface area contributed by atoms with E-state index in [-0.39, 0.29) is 5.91 Å². The lowest BCUT2D eigenvalue weighted by molar-refractivity contribution is 0.0748. The maximum atomic E-state index is 12.8. The molecule has 0 radical (unpaired) electrons. The molecule has 0 N–H and O–H groups in total. The molecule has 3 rings (SSSR count). The lowest BCUT2D eigenvalue weighted by Crippen LogP contribution is -2.30. The quantitative estimate of drug-likeness (QED) is 0.834. The first-order valence-corrected chi connectivity index (χ1v) is 9.19. The minimum absolute atomic E-state index is 0.0658. The van der Waals surface area contributed by atoms with Crippen LogP contribution in [-0.2, 0) is 19.4 Å². The average Bonchev–Trinajstić information content (AvgIpc) is 3.00. The van der Waals surface area contributed by atoms with Gasteiger partial charge in [-0.15, -0.1) is 11.3 Å². The van der Waals surface area contributed by atoms with Gasteiger partial charge in [0.15, 0.2) is 0 Å². The number of amides is 1. The number of nitrogens with zero attached hydrogens (tertiary/aromatic N) is 3. The molecular weight excluding hydrogens is 322 g/mol. The summed E-state index contributed by atoms with van der Waals surface area (Å²) in [7, 11) is 1.53. The number of carbonyl (C=O) groups is 1. The molecule has 0 unspecified atom stereocenters. The standard InChI is InChI=1S/C18H23N3O2S/c1-4-21(18(22)13-6-5-9-19-17(13)23-3)11-16-20-14-8-7-12(2)10-15(14)24-16/h5-6,9,12H,4,7-8,10-11H2,1-3H3/t12-/m0/s1. The van der Waals surface area contributed by atoms with Crippen LogP contribution in [0.25, 0.3) is 0 Å². The number of rotatable bonds is 5. The fraction of sp³-hybridized carbons (Fsp3) is 0.500. The van der Waals surface area contributed by atoms with E-state index in [2.05, 4.69) is 11.9 Å². The van der Waals surface area contributed by atoms with Gasteiger partial charge in [0, 0.05) is 17.6 Å². The summed E-state index contributed by atoms with van der Waals surface area (Å²) in [6.07, 6.45) is 5.01. The first-order valence-electron chi connectivity index (χ1n) is 8.38. The van der Waals surface area contributed by atoms with Gasteiger partial charge in [-0.05, 0) is 44.2 Å². The second-order valence-corrected chi connectivity index (χ2v) is 7.37. The second kappa shape index (κ2) is 7.30. The molecule has 2 heterocycles. The summed E-state index contributed by atoms with van der Waals surface area (Å²) in [6.45, 7) is 5.44. The topological polar surface area (TPSA) is 55.3 Å². The number of thiazole rings is 1. The van der Waals surface area contributed by atoms with E-state index in [1.165, 1.54) is 24.1 Å². The summed E-state index contributed by atoms with van der Waals surface area (Å²) in [5, 5.41) is 1.02. The van der Waals surface area contributed by atoms with Crippen LogP contribution in [0.5, 0.6) is 5.88 Å². The SMILES string of the molecule is CCN(Cc1nc2c(s1)C[C@@H](C)CC2)C(=O)c1cccnc1OC. The molecule has 2 aromatic heterocycles. The minimum Gasteiger partial charge on any atom is -0.480 e. The lowest BCUT2D eigenvalue weighted by Gasteiger charge is -2.20. The molecule has 128 valence electrons. The molecule has 6 heteroatoms. The Hall–Kier alpha value is -1.95. The van der Waals surface area contributed by atoms with Gasteiger partial charge in [-0.1, -0.05) is 6.92 Å². The maximum absolute atomic E-state index is 12.8. The Morgan fingerprint density at radius 3 is 3.08 bits per heavy atom. The average molecular weight is 345 g/mol. The predicted molar refractivity (Wildman–Crippen MR) is 94.5 cm³/mol. The third-order valence-electron chi connectivity index (χ3n) is 4.42. The molecule has 0 aliphatic heterocycles. The van der Waals surface area contributed by atoms with Crippen molar-refractivity contribution in [1.29, 1.82) is 0 Å². The van der Waals surface area contributed by atoms with Crippen LogP contribution in [0.15, 0.2) is 18.3 Å². The highest BCUT2D eigenvalue weighted by atomic mass is 32.1. The zero-order valence-electron chi connectivity index (χ0n) is 14.4. The Morgan fingerprint density at radius 1 is 1.50 bits per heavy atom. The number of methoxy groups -OCH3 is 1. The second-order valence-electron chi connectivity index (χ2n) is 6.21. The van der Waals surface area contributed by atoms with E-state index in [0.717, 1.165) is 23.8 Å². The van der Waals surface area contributed by atoms with Crippen molar-refractivity contribution >= 4 is 17.2 Å². The zero-order chi connectivity index (χ0) is 17.1. The fourth-order valence-electron chi connectivity index (χ4n) is 3.04. The molecule has 0 bridgehead atoms. The highest BCUT2D eigenvalue weighted by Crippen LogP contribution is 2.30. The molecule has 1 aliphatic carbocycles. The number of ether oxygens (including phenoxy) is 1. The largest absolute Gasteiger partial charge is 0.480 e. The summed E-state index contributed by atoms with van der Waals surface area (Å²) in [4.78, 5) is 24.9. The molecule has 0 saturated heterocycles. The van der Waals surface area contributed by atoms with Crippen LogP contribution in [0.4, 0.5) is 0 Å². The van der Waals surface area contributed by atoms with Gasteiger partial charge in [0.05, 0.1) is 19.3 Å². The van der Waals surface area contributed by atoms with Crippen LogP contribution in [0.1, 0.15) is 46.2 Å². The van der Waals surface area contributed by atoms with Crippen molar-refractivity contribution in [2.45, 2.75) is 39.7 Å². The van der Waals surface area contributed by atoms with Gasteiger partial charge < -0.3 is 9.64 Å². The van der Waals surface area contributed by atoms with Crippen LogP contribution in [0.2, 0.25) is 0 Å². The van der Waals surface area contributed by atoms with Crippen LogP contribution < -0.4 is 4.74 Å². The highest BCUT2D eigenvalue weighted by Gasteiger charge is 2.23. The van der Waals surface area contributed by atoms with Crippen LogP contribution in [0, 0.1) is 5.92 Å². The van der Waals surface area contributed by atoms with Gasteiger partial charge in [-0.25, -0.2) is 9.97 Å². The summed E-state index contributed by atoms with van der Waals surface area (Å²) in [5.41, 5.74) is 1.73. The molecule has 24 heavy (non-hydrogen) atoms. The molecule has 1 aliphatic rings. The summed E-state index contributed by atoms with van der Waals surface area (Å²) in [5.74, 6) is 1.03. The van der Waals surface area contributed by atoms with E-state index in [0.29, 0.717) is 24.5 Å². The van der Waals surface area contributed by atoms with Crippen molar-refractivity contribution in [3.05, 3.63) is 39.5 Å². The Morgan fingerprint density at radius 2 is 2.33 bits per heavy atom. The Labute approximate surface area is 146 Å². The summed E-state index contributed by atoms with van der Waals surface area (Å²) in [6, 6.07) is 3.51. The van der Waals surface area contributed by atoms with E-state index in [1.54, 1.807) is 34.6 Å². The number of fused-ring (bicyclic) bond motifs is 1. The van der Waals surface area contributed by atoms with Gasteiger partial charge in [0.25, 0.3) is 5.91 Å². The fourth-order valence-corrected chi connectivity index (χ4v) is 4.33. The van der Waals surface area contributed by atoms with Gasteiger partial charge in [-0.3, -0.25) is 4.79 Å². The molecule has 0 aromatic carbocycles. The van der Waals surface area contributed by atoms with Crippen molar-refractivity contribution in [2.75, 3.05) is 13.7 Å². The minimum atomic E-state index is -0.0658. The van der Waals surface area contributed by atoms with E-state index >= 15 is 0 Å². The predicted octanol–water partition coefficient (Wildman–Crippen LogP) is 3.33. The van der Waals surface area contributed by atoms with E-state index in [1.807, 2.05) is 6.92 Å². The number of hydrogen-bond donors (Lipinski definition) is 0. The first kappa shape index (κ1) is 16.9. The van der Waals surface area contributed by atoms with Crippen molar-refractivity contribution < 1.29 is 9.53 Å². The number of pyridine rings is 1. The lowest BCUT2D eigenvalue weighted by atomic mass is 9.93. The molecule has 0 saturated carbocycles. The van der Waals surface area contributed by atoms with Crippen molar-refractivity contribution in [3.63, 3.8) is 0 Å². The van der Waals surface area contributed by atoms with Gasteiger partial charge in [0.2, 0.25) is 5.88 Å². The zero-order valence-corrected chi connectivity index (χ0v) is 15.2. The van der Waals surface area contributed by atoms with Gasteiger partial charge >= 0.3 is 0 Å². The molecule has 1 atom stereocenters. The van der Waals surface area contributed by atoms with E-state index in [9.17, 15) is 4.79 Å². The van der Waals surface area contributed by atoms with Crippen LogP contribution >= 0.6 is 11.3 Å².